The molecule has 0 unspecified atom stereocenters. The van der Waals surface area contributed by atoms with Crippen LogP contribution in [0, 0.1) is 6.92 Å². The van der Waals surface area contributed by atoms with E-state index in [-0.39, 0.29) is 18.1 Å². The first-order chi connectivity index (χ1) is 16.0. The maximum Gasteiger partial charge on any atom is 0.257 e. The van der Waals surface area contributed by atoms with Crippen LogP contribution < -0.4 is 16.0 Å². The Labute approximate surface area is 190 Å². The minimum Gasteiger partial charge on any atom is -0.373 e. The molecule has 3 N–H and O–H groups in total. The molecule has 4 bridgehead atoms. The topological polar surface area (TPSA) is 110 Å². The molecule has 0 radical (unpaired) electrons. The molecule has 1 aromatic carbocycles. The maximum absolute atomic E-state index is 13.2. The summed E-state index contributed by atoms with van der Waals surface area (Å²) < 4.78 is 9.85. The number of amides is 1. The Balaban J connectivity index is 1.58. The molecule has 2 atom stereocenters. The molecule has 6 rings (SSSR count). The SMILES string of the molecule is CNc1cc2nc3c(cnn13)C(=O)N[C@@H]1CCC[C@H]1OCc1cc(c3c(c1)c(C)nn3C)N2. The average molecular weight is 447 g/mol. The summed E-state index contributed by atoms with van der Waals surface area (Å²) in [5.41, 5.74) is 4.81. The van der Waals surface area contributed by atoms with Gasteiger partial charge in [0.2, 0.25) is 0 Å². The lowest BCUT2D eigenvalue weighted by atomic mass is 10.1. The summed E-state index contributed by atoms with van der Waals surface area (Å²) in [7, 11) is 3.76. The van der Waals surface area contributed by atoms with Crippen molar-refractivity contribution in [3.63, 3.8) is 0 Å². The van der Waals surface area contributed by atoms with Crippen LogP contribution in [0.2, 0.25) is 0 Å². The lowest BCUT2D eigenvalue weighted by Gasteiger charge is -2.22. The molecule has 1 aliphatic heterocycles. The Morgan fingerprint density at radius 3 is 2.97 bits per heavy atom. The molecule has 10 nitrogen and oxygen atoms in total. The van der Waals surface area contributed by atoms with Gasteiger partial charge < -0.3 is 20.7 Å². The number of hydrogen-bond acceptors (Lipinski definition) is 7. The van der Waals surface area contributed by atoms with Crippen molar-refractivity contribution in [2.75, 3.05) is 17.7 Å². The van der Waals surface area contributed by atoms with Crippen LogP contribution in [0.3, 0.4) is 0 Å². The van der Waals surface area contributed by atoms with Gasteiger partial charge in [-0.3, -0.25) is 9.48 Å². The minimum atomic E-state index is -0.183. The molecule has 10 heteroatoms. The predicted molar refractivity (Wildman–Crippen MR) is 125 cm³/mol. The number of fused-ring (bicyclic) bond motifs is 6. The third-order valence-corrected chi connectivity index (χ3v) is 6.65. The molecule has 4 heterocycles. The van der Waals surface area contributed by atoms with Gasteiger partial charge in [0.25, 0.3) is 5.91 Å². The van der Waals surface area contributed by atoms with Crippen LogP contribution in [-0.4, -0.2) is 49.5 Å². The highest BCUT2D eigenvalue weighted by Crippen LogP contribution is 2.32. The van der Waals surface area contributed by atoms with Crippen molar-refractivity contribution < 1.29 is 9.53 Å². The van der Waals surface area contributed by atoms with E-state index in [2.05, 4.69) is 38.3 Å². The third-order valence-electron chi connectivity index (χ3n) is 6.65. The van der Waals surface area contributed by atoms with E-state index in [1.807, 2.05) is 31.8 Å². The van der Waals surface area contributed by atoms with E-state index in [0.29, 0.717) is 23.6 Å². The highest BCUT2D eigenvalue weighted by molar-refractivity contribution is 6.00. The molecule has 1 saturated carbocycles. The zero-order valence-electron chi connectivity index (χ0n) is 18.8. The number of carbonyl (C=O) groups is 1. The molecule has 33 heavy (non-hydrogen) atoms. The van der Waals surface area contributed by atoms with Gasteiger partial charge in [-0.1, -0.05) is 0 Å². The number of benzene rings is 1. The second kappa shape index (κ2) is 7.45. The van der Waals surface area contributed by atoms with Gasteiger partial charge in [-0.25, -0.2) is 4.98 Å². The molecule has 4 aromatic rings. The number of carbonyl (C=O) groups excluding carboxylic acids is 1. The molecule has 0 saturated heterocycles. The number of hydrogen-bond donors (Lipinski definition) is 3. The molecule has 1 fully saturated rings. The number of rotatable bonds is 1. The van der Waals surface area contributed by atoms with E-state index in [1.54, 1.807) is 10.7 Å². The molecule has 0 spiro atoms. The summed E-state index contributed by atoms with van der Waals surface area (Å²) in [6.07, 6.45) is 4.37. The van der Waals surface area contributed by atoms with Gasteiger partial charge in [0.05, 0.1) is 41.8 Å². The number of aromatic nitrogens is 5. The van der Waals surface area contributed by atoms with Crippen molar-refractivity contribution in [2.24, 2.45) is 7.05 Å². The van der Waals surface area contributed by atoms with Gasteiger partial charge in [-0.05, 0) is 43.9 Å². The van der Waals surface area contributed by atoms with Crippen molar-refractivity contribution in [3.8, 4) is 0 Å². The van der Waals surface area contributed by atoms with Gasteiger partial charge in [0, 0.05) is 25.5 Å². The lowest BCUT2D eigenvalue weighted by molar-refractivity contribution is 0.0273. The van der Waals surface area contributed by atoms with Crippen molar-refractivity contribution in [2.45, 2.75) is 44.9 Å². The number of aryl methyl sites for hydroxylation is 2. The van der Waals surface area contributed by atoms with Crippen molar-refractivity contribution in [1.29, 1.82) is 0 Å². The number of nitrogens with zero attached hydrogens (tertiary/aromatic N) is 5. The molecule has 3 aromatic heterocycles. The van der Waals surface area contributed by atoms with E-state index >= 15 is 0 Å². The van der Waals surface area contributed by atoms with E-state index in [4.69, 9.17) is 9.72 Å². The summed E-state index contributed by atoms with van der Waals surface area (Å²) in [4.78, 5) is 18.0. The van der Waals surface area contributed by atoms with Crippen molar-refractivity contribution in [1.82, 2.24) is 29.7 Å². The van der Waals surface area contributed by atoms with E-state index in [9.17, 15) is 4.79 Å². The Bertz CT molecular complexity index is 1400. The average Bonchev–Trinajstić information content (AvgIpc) is 3.49. The second-order valence-corrected chi connectivity index (χ2v) is 8.80. The standard InChI is InChI=1S/C23H26N8O2/c1-12-14-7-13-8-17(21(14)30(3)29-12)26-19-9-20(24-2)31-22(28-19)15(10-25-31)23(32)27-16-5-4-6-18(16)33-11-13/h7-10,16,18,24H,4-6,11H2,1-3H3,(H,26,28)(H,27,32)/t16-,18-/m1/s1. The summed E-state index contributed by atoms with van der Waals surface area (Å²) >= 11 is 0. The smallest absolute Gasteiger partial charge is 0.257 e. The lowest BCUT2D eigenvalue weighted by Crippen LogP contribution is -2.41. The maximum atomic E-state index is 13.2. The normalized spacial score (nSPS) is 20.5. The van der Waals surface area contributed by atoms with Crippen LogP contribution >= 0.6 is 0 Å². The molecule has 170 valence electrons. The fraction of sp³-hybridized carbons (Fsp3) is 0.391. The molecule has 1 aliphatic carbocycles. The second-order valence-electron chi connectivity index (χ2n) is 8.80. The Hall–Kier alpha value is -3.66. The highest BCUT2D eigenvalue weighted by atomic mass is 16.5. The minimum absolute atomic E-state index is 0.0304. The van der Waals surface area contributed by atoms with Crippen molar-refractivity contribution >= 4 is 39.8 Å². The summed E-state index contributed by atoms with van der Waals surface area (Å²) in [6.45, 7) is 2.48. The first-order valence-electron chi connectivity index (χ1n) is 11.2. The van der Waals surface area contributed by atoms with Crippen LogP contribution in [0.4, 0.5) is 17.3 Å². The monoisotopic (exact) mass is 446 g/mol. The molecule has 2 aliphatic rings. The highest BCUT2D eigenvalue weighted by Gasteiger charge is 2.31. The molecular weight excluding hydrogens is 420 g/mol. The van der Waals surface area contributed by atoms with Crippen LogP contribution in [-0.2, 0) is 18.4 Å². The summed E-state index contributed by atoms with van der Waals surface area (Å²) in [5.74, 6) is 1.15. The zero-order valence-corrected chi connectivity index (χ0v) is 18.8. The number of nitrogens with one attached hydrogen (secondary N) is 3. The molecule has 1 amide bonds. The quantitative estimate of drug-likeness (QED) is 0.412. The number of ether oxygens (including phenoxy) is 1. The fourth-order valence-corrected chi connectivity index (χ4v) is 5.07. The van der Waals surface area contributed by atoms with Crippen LogP contribution in [0.15, 0.2) is 24.4 Å². The zero-order chi connectivity index (χ0) is 22.7. The Kier molecular flexibility index (Phi) is 4.51. The third kappa shape index (κ3) is 3.20. The van der Waals surface area contributed by atoms with Gasteiger partial charge in [0.15, 0.2) is 5.65 Å². The molecular formula is C23H26N8O2. The van der Waals surface area contributed by atoms with Crippen LogP contribution in [0.1, 0.15) is 40.9 Å². The summed E-state index contributed by atoms with van der Waals surface area (Å²) in [5, 5.41) is 19.9. The van der Waals surface area contributed by atoms with E-state index in [0.717, 1.165) is 52.9 Å². The van der Waals surface area contributed by atoms with Gasteiger partial charge in [-0.2, -0.15) is 14.7 Å². The first kappa shape index (κ1) is 20.0. The van der Waals surface area contributed by atoms with Crippen LogP contribution in [0.5, 0.6) is 0 Å². The van der Waals surface area contributed by atoms with Crippen LogP contribution in [0.25, 0.3) is 16.6 Å². The Morgan fingerprint density at radius 2 is 2.12 bits per heavy atom. The summed E-state index contributed by atoms with van der Waals surface area (Å²) in [6, 6.07) is 6.07. The van der Waals surface area contributed by atoms with E-state index < -0.39 is 0 Å². The number of anilines is 3. The largest absolute Gasteiger partial charge is 0.373 e. The van der Waals surface area contributed by atoms with Gasteiger partial charge >= 0.3 is 0 Å². The fourth-order valence-electron chi connectivity index (χ4n) is 5.07. The van der Waals surface area contributed by atoms with Gasteiger partial charge in [0.1, 0.15) is 17.2 Å². The van der Waals surface area contributed by atoms with Gasteiger partial charge in [-0.15, -0.1) is 0 Å². The van der Waals surface area contributed by atoms with E-state index in [1.165, 1.54) is 0 Å². The van der Waals surface area contributed by atoms with Crippen molar-refractivity contribution in [3.05, 3.63) is 41.2 Å². The Morgan fingerprint density at radius 1 is 1.24 bits per heavy atom. The predicted octanol–water partition coefficient (Wildman–Crippen LogP) is 2.89. The first-order valence-corrected chi connectivity index (χ1v) is 11.2.